The van der Waals surface area contributed by atoms with Crippen molar-refractivity contribution >= 4 is 28.9 Å². The van der Waals surface area contributed by atoms with Crippen LogP contribution in [0.4, 0.5) is 0 Å². The Balaban J connectivity index is 2.25. The normalized spacial score (nSPS) is 10.2. The summed E-state index contributed by atoms with van der Waals surface area (Å²) in [6.45, 7) is 1.61. The van der Waals surface area contributed by atoms with Gasteiger partial charge in [-0.15, -0.1) is 0 Å². The molecule has 0 saturated carbocycles. The molecule has 0 radical (unpaired) electrons. The minimum Gasteiger partial charge on any atom is -0.294 e. The first kappa shape index (κ1) is 10.5. The molecule has 2 rings (SSSR count). The third kappa shape index (κ3) is 2.49. The highest BCUT2D eigenvalue weighted by molar-refractivity contribution is 7.99. The number of hydrogen-bond acceptors (Lipinski definition) is 3. The predicted octanol–water partition coefficient (Wildman–Crippen LogP) is 4.10. The van der Waals surface area contributed by atoms with Gasteiger partial charge in [-0.3, -0.25) is 4.79 Å². The third-order valence-corrected chi connectivity index (χ3v) is 3.94. The van der Waals surface area contributed by atoms with E-state index in [2.05, 4.69) is 0 Å². The van der Waals surface area contributed by atoms with E-state index in [0.29, 0.717) is 0 Å². The molecule has 0 bridgehead atoms. The Hall–Kier alpha value is -1.06. The Morgan fingerprint density at radius 2 is 1.93 bits per heavy atom. The van der Waals surface area contributed by atoms with Gasteiger partial charge in [0.2, 0.25) is 0 Å². The molecule has 0 fully saturated rings. The number of hydrogen-bond donors (Lipinski definition) is 0. The van der Waals surface area contributed by atoms with E-state index in [1.54, 1.807) is 30.0 Å². The van der Waals surface area contributed by atoms with Crippen LogP contribution >= 0.6 is 23.1 Å². The molecule has 0 atom stereocenters. The maximum atomic E-state index is 11.3. The molecule has 1 nitrogen and oxygen atoms in total. The maximum absolute atomic E-state index is 11.3. The van der Waals surface area contributed by atoms with Crippen molar-refractivity contribution in [2.45, 2.75) is 16.7 Å². The van der Waals surface area contributed by atoms with E-state index in [1.165, 1.54) is 4.90 Å². The molecule has 0 unspecified atom stereocenters. The Labute approximate surface area is 97.1 Å². The van der Waals surface area contributed by atoms with Crippen LogP contribution in [0.5, 0.6) is 0 Å². The van der Waals surface area contributed by atoms with Crippen molar-refractivity contribution in [3.8, 4) is 0 Å². The summed E-state index contributed by atoms with van der Waals surface area (Å²) < 4.78 is 0. The molecule has 0 saturated heterocycles. The summed E-state index contributed by atoms with van der Waals surface area (Å²) in [5.74, 6) is 0.134. The number of thiophene rings is 1. The quantitative estimate of drug-likeness (QED) is 0.744. The highest BCUT2D eigenvalue weighted by atomic mass is 32.2. The van der Waals surface area contributed by atoms with Gasteiger partial charge in [-0.1, -0.05) is 30.0 Å². The topological polar surface area (TPSA) is 17.1 Å². The van der Waals surface area contributed by atoms with Crippen LogP contribution in [0, 0.1) is 0 Å². The van der Waals surface area contributed by atoms with E-state index in [1.807, 2.05) is 41.1 Å². The molecule has 0 spiro atoms. The Bertz CT molecular complexity index is 459. The van der Waals surface area contributed by atoms with Gasteiger partial charge in [0.25, 0.3) is 0 Å². The Kier molecular flexibility index (Phi) is 3.23. The van der Waals surface area contributed by atoms with Crippen LogP contribution in [0.15, 0.2) is 50.9 Å². The molecule has 0 aliphatic rings. The number of Topliss-reactive ketones (excluding diaryl/α,β-unsaturated/α-hetero) is 1. The summed E-state index contributed by atoms with van der Waals surface area (Å²) in [5.41, 5.74) is 0.828. The second-order valence-electron chi connectivity index (χ2n) is 3.12. The Morgan fingerprint density at radius 1 is 1.20 bits per heavy atom. The minimum absolute atomic E-state index is 0.134. The van der Waals surface area contributed by atoms with Gasteiger partial charge in [0, 0.05) is 26.1 Å². The van der Waals surface area contributed by atoms with Gasteiger partial charge < -0.3 is 0 Å². The SMILES string of the molecule is CC(=O)c1cscc1Sc1ccccc1. The summed E-state index contributed by atoms with van der Waals surface area (Å²) in [7, 11) is 0. The van der Waals surface area contributed by atoms with E-state index in [0.717, 1.165) is 10.5 Å². The molecular formula is C12H10OS2. The van der Waals surface area contributed by atoms with Crippen molar-refractivity contribution in [1.29, 1.82) is 0 Å². The van der Waals surface area contributed by atoms with Crippen LogP contribution in [0.2, 0.25) is 0 Å². The molecule has 2 aromatic rings. The summed E-state index contributed by atoms with van der Waals surface area (Å²) in [5, 5.41) is 3.93. The molecule has 15 heavy (non-hydrogen) atoms. The second kappa shape index (κ2) is 4.64. The maximum Gasteiger partial charge on any atom is 0.161 e. The molecule has 0 amide bonds. The number of ketones is 1. The number of rotatable bonds is 3. The van der Waals surface area contributed by atoms with Crippen LogP contribution in [-0.4, -0.2) is 5.78 Å². The zero-order valence-electron chi connectivity index (χ0n) is 8.27. The molecule has 0 aliphatic carbocycles. The fourth-order valence-corrected chi connectivity index (χ4v) is 3.28. The largest absolute Gasteiger partial charge is 0.294 e. The number of carbonyl (C=O) groups is 1. The van der Waals surface area contributed by atoms with Crippen molar-refractivity contribution in [3.05, 3.63) is 46.7 Å². The highest BCUT2D eigenvalue weighted by Crippen LogP contribution is 2.32. The summed E-state index contributed by atoms with van der Waals surface area (Å²) in [6, 6.07) is 10.1. The molecule has 0 N–H and O–H groups in total. The van der Waals surface area contributed by atoms with Crippen LogP contribution in [-0.2, 0) is 0 Å². The number of benzene rings is 1. The van der Waals surface area contributed by atoms with Crippen molar-refractivity contribution in [1.82, 2.24) is 0 Å². The molecule has 76 valence electrons. The first-order chi connectivity index (χ1) is 7.27. The van der Waals surface area contributed by atoms with Crippen LogP contribution in [0.25, 0.3) is 0 Å². The lowest BCUT2D eigenvalue weighted by Crippen LogP contribution is -1.89. The van der Waals surface area contributed by atoms with E-state index >= 15 is 0 Å². The van der Waals surface area contributed by atoms with Gasteiger partial charge in [-0.05, 0) is 19.1 Å². The first-order valence-electron chi connectivity index (χ1n) is 4.57. The molecule has 1 aromatic carbocycles. The van der Waals surface area contributed by atoms with Crippen molar-refractivity contribution in [2.75, 3.05) is 0 Å². The lowest BCUT2D eigenvalue weighted by molar-refractivity contribution is 0.101. The van der Waals surface area contributed by atoms with Crippen LogP contribution in [0.3, 0.4) is 0 Å². The fraction of sp³-hybridized carbons (Fsp3) is 0.0833. The minimum atomic E-state index is 0.134. The highest BCUT2D eigenvalue weighted by Gasteiger charge is 2.09. The average Bonchev–Trinajstić information content (AvgIpc) is 2.67. The van der Waals surface area contributed by atoms with Crippen molar-refractivity contribution in [3.63, 3.8) is 0 Å². The van der Waals surface area contributed by atoms with Crippen molar-refractivity contribution in [2.24, 2.45) is 0 Å². The average molecular weight is 234 g/mol. The van der Waals surface area contributed by atoms with Gasteiger partial charge in [-0.25, -0.2) is 0 Å². The van der Waals surface area contributed by atoms with Crippen molar-refractivity contribution < 1.29 is 4.79 Å². The zero-order chi connectivity index (χ0) is 10.7. The monoisotopic (exact) mass is 234 g/mol. The molecule has 1 aromatic heterocycles. The molecule has 0 aliphatic heterocycles. The standard InChI is InChI=1S/C12H10OS2/c1-9(13)11-7-14-8-12(11)15-10-5-3-2-4-6-10/h2-8H,1H3. The number of carbonyl (C=O) groups excluding carboxylic acids is 1. The second-order valence-corrected chi connectivity index (χ2v) is 4.98. The Morgan fingerprint density at radius 3 is 2.60 bits per heavy atom. The lowest BCUT2D eigenvalue weighted by atomic mass is 10.2. The van der Waals surface area contributed by atoms with Gasteiger partial charge in [0.1, 0.15) is 0 Å². The zero-order valence-corrected chi connectivity index (χ0v) is 9.90. The van der Waals surface area contributed by atoms with E-state index in [4.69, 9.17) is 0 Å². The fourth-order valence-electron chi connectivity index (χ4n) is 1.24. The van der Waals surface area contributed by atoms with Gasteiger partial charge in [0.05, 0.1) is 0 Å². The first-order valence-corrected chi connectivity index (χ1v) is 6.33. The van der Waals surface area contributed by atoms with Gasteiger partial charge >= 0.3 is 0 Å². The summed E-state index contributed by atoms with van der Waals surface area (Å²) in [6.07, 6.45) is 0. The molecular weight excluding hydrogens is 224 g/mol. The predicted molar refractivity (Wildman–Crippen MR) is 64.9 cm³/mol. The van der Waals surface area contributed by atoms with E-state index in [-0.39, 0.29) is 5.78 Å². The lowest BCUT2D eigenvalue weighted by Gasteiger charge is -2.00. The molecule has 1 heterocycles. The van der Waals surface area contributed by atoms with E-state index < -0.39 is 0 Å². The van der Waals surface area contributed by atoms with Crippen LogP contribution in [0.1, 0.15) is 17.3 Å². The smallest absolute Gasteiger partial charge is 0.161 e. The van der Waals surface area contributed by atoms with Gasteiger partial charge in [0.15, 0.2) is 5.78 Å². The summed E-state index contributed by atoms with van der Waals surface area (Å²) in [4.78, 5) is 13.5. The summed E-state index contributed by atoms with van der Waals surface area (Å²) >= 11 is 3.21. The van der Waals surface area contributed by atoms with Crippen LogP contribution < -0.4 is 0 Å². The third-order valence-electron chi connectivity index (χ3n) is 1.98. The molecule has 3 heteroatoms. The van der Waals surface area contributed by atoms with E-state index in [9.17, 15) is 4.79 Å². The van der Waals surface area contributed by atoms with Gasteiger partial charge in [-0.2, -0.15) is 11.3 Å².